The average Bonchev–Trinajstić information content (AvgIpc) is 3.04. The number of hydrogen-bond acceptors (Lipinski definition) is 4. The van der Waals surface area contributed by atoms with E-state index in [9.17, 15) is 9.59 Å². The van der Waals surface area contributed by atoms with E-state index in [-0.39, 0.29) is 24.2 Å². The van der Waals surface area contributed by atoms with E-state index in [4.69, 9.17) is 5.11 Å². The predicted octanol–water partition coefficient (Wildman–Crippen LogP) is 2.30. The summed E-state index contributed by atoms with van der Waals surface area (Å²) < 4.78 is 1.56. The minimum atomic E-state index is -0.957. The number of carboxylic acid groups (broad SMARTS) is 1. The Morgan fingerprint density at radius 3 is 2.44 bits per heavy atom. The highest BCUT2D eigenvalue weighted by Crippen LogP contribution is 2.25. The summed E-state index contributed by atoms with van der Waals surface area (Å²) in [7, 11) is 0. The third-order valence-electron chi connectivity index (χ3n) is 3.93. The number of hydrogen-bond donors (Lipinski definition) is 2. The van der Waals surface area contributed by atoms with Crippen molar-refractivity contribution in [2.24, 2.45) is 0 Å². The molecule has 0 spiro atoms. The fraction of sp³-hybridized carbons (Fsp3) is 0.444. The molecule has 1 heterocycles. The Labute approximate surface area is 147 Å². The largest absolute Gasteiger partial charge is 0.481 e. The molecule has 0 radical (unpaired) electrons. The molecule has 0 aliphatic rings. The van der Waals surface area contributed by atoms with Crippen LogP contribution in [0.15, 0.2) is 36.9 Å². The maximum atomic E-state index is 12.2. The van der Waals surface area contributed by atoms with E-state index in [0.717, 1.165) is 11.1 Å². The summed E-state index contributed by atoms with van der Waals surface area (Å²) in [4.78, 5) is 27.1. The summed E-state index contributed by atoms with van der Waals surface area (Å²) in [6, 6.07) is 7.16. The summed E-state index contributed by atoms with van der Waals surface area (Å²) in [6.07, 6.45) is 2.98. The Morgan fingerprint density at radius 1 is 1.24 bits per heavy atom. The SMILES string of the molecule is CC(C)(C)c1ccc(C(CC(=O)O)NC(=O)CCn2cncn2)cc1. The first-order valence-electron chi connectivity index (χ1n) is 8.19. The van der Waals surface area contributed by atoms with Crippen LogP contribution in [0.2, 0.25) is 0 Å². The monoisotopic (exact) mass is 344 g/mol. The number of aliphatic carboxylic acids is 1. The van der Waals surface area contributed by atoms with Crippen LogP contribution in [0.4, 0.5) is 0 Å². The van der Waals surface area contributed by atoms with Gasteiger partial charge in [-0.3, -0.25) is 14.3 Å². The number of amides is 1. The molecule has 1 unspecified atom stereocenters. The van der Waals surface area contributed by atoms with Gasteiger partial charge in [-0.2, -0.15) is 5.10 Å². The molecule has 2 aromatic rings. The minimum Gasteiger partial charge on any atom is -0.481 e. The Bertz CT molecular complexity index is 703. The number of aryl methyl sites for hydroxylation is 1. The van der Waals surface area contributed by atoms with Crippen LogP contribution in [0, 0.1) is 0 Å². The first kappa shape index (κ1) is 18.6. The van der Waals surface area contributed by atoms with Gasteiger partial charge in [-0.25, -0.2) is 4.98 Å². The van der Waals surface area contributed by atoms with Crippen molar-refractivity contribution in [1.29, 1.82) is 0 Å². The lowest BCUT2D eigenvalue weighted by atomic mass is 9.86. The first-order valence-corrected chi connectivity index (χ1v) is 8.19. The third kappa shape index (κ3) is 5.70. The zero-order valence-electron chi connectivity index (χ0n) is 14.8. The number of nitrogens with one attached hydrogen (secondary N) is 1. The second-order valence-electron chi connectivity index (χ2n) is 7.00. The van der Waals surface area contributed by atoms with Gasteiger partial charge in [0.05, 0.1) is 19.0 Å². The Kier molecular flexibility index (Phi) is 5.90. The van der Waals surface area contributed by atoms with E-state index in [2.05, 4.69) is 36.2 Å². The van der Waals surface area contributed by atoms with Crippen LogP contribution in [0.1, 0.15) is 50.8 Å². The van der Waals surface area contributed by atoms with E-state index in [1.54, 1.807) is 4.68 Å². The maximum Gasteiger partial charge on any atom is 0.305 e. The van der Waals surface area contributed by atoms with Gasteiger partial charge in [-0.15, -0.1) is 0 Å². The predicted molar refractivity (Wildman–Crippen MR) is 92.9 cm³/mol. The molecule has 1 amide bonds. The number of benzene rings is 1. The smallest absolute Gasteiger partial charge is 0.305 e. The van der Waals surface area contributed by atoms with E-state index in [1.165, 1.54) is 12.7 Å². The highest BCUT2D eigenvalue weighted by Gasteiger charge is 2.19. The van der Waals surface area contributed by atoms with E-state index < -0.39 is 12.0 Å². The van der Waals surface area contributed by atoms with Gasteiger partial charge in [0.1, 0.15) is 12.7 Å². The van der Waals surface area contributed by atoms with E-state index >= 15 is 0 Å². The standard InChI is InChI=1S/C18H24N4O3/c1-18(2,3)14-6-4-13(5-7-14)15(10-17(24)25)21-16(23)8-9-22-12-19-11-20-22/h4-7,11-12,15H,8-10H2,1-3H3,(H,21,23)(H,24,25). The molecule has 134 valence electrons. The Hall–Kier alpha value is -2.70. The van der Waals surface area contributed by atoms with Crippen molar-refractivity contribution in [3.63, 3.8) is 0 Å². The summed E-state index contributed by atoms with van der Waals surface area (Å²) in [6.45, 7) is 6.74. The lowest BCUT2D eigenvalue weighted by Gasteiger charge is -2.22. The van der Waals surface area contributed by atoms with Crippen molar-refractivity contribution in [1.82, 2.24) is 20.1 Å². The number of nitrogens with zero attached hydrogens (tertiary/aromatic N) is 3. The molecule has 2 N–H and O–H groups in total. The molecule has 1 atom stereocenters. The van der Waals surface area contributed by atoms with Gasteiger partial charge >= 0.3 is 5.97 Å². The minimum absolute atomic E-state index is 0.0157. The van der Waals surface area contributed by atoms with Crippen molar-refractivity contribution >= 4 is 11.9 Å². The quantitative estimate of drug-likeness (QED) is 0.803. The molecule has 7 nitrogen and oxygen atoms in total. The van der Waals surface area contributed by atoms with Crippen LogP contribution < -0.4 is 5.32 Å². The van der Waals surface area contributed by atoms with Gasteiger partial charge in [-0.1, -0.05) is 45.0 Å². The number of carbonyl (C=O) groups excluding carboxylic acids is 1. The zero-order chi connectivity index (χ0) is 18.4. The Morgan fingerprint density at radius 2 is 1.92 bits per heavy atom. The average molecular weight is 344 g/mol. The summed E-state index contributed by atoms with van der Waals surface area (Å²) in [5.74, 6) is -1.18. The number of carbonyl (C=O) groups is 2. The zero-order valence-corrected chi connectivity index (χ0v) is 14.8. The van der Waals surface area contributed by atoms with Crippen LogP contribution >= 0.6 is 0 Å². The maximum absolute atomic E-state index is 12.2. The van der Waals surface area contributed by atoms with Gasteiger partial charge in [-0.05, 0) is 16.5 Å². The van der Waals surface area contributed by atoms with Crippen molar-refractivity contribution in [3.05, 3.63) is 48.0 Å². The van der Waals surface area contributed by atoms with Crippen molar-refractivity contribution in [2.75, 3.05) is 0 Å². The third-order valence-corrected chi connectivity index (χ3v) is 3.93. The van der Waals surface area contributed by atoms with Crippen LogP contribution in [-0.2, 0) is 21.5 Å². The number of carboxylic acids is 1. The van der Waals surface area contributed by atoms with Gasteiger partial charge in [0.2, 0.25) is 5.91 Å². The van der Waals surface area contributed by atoms with Crippen LogP contribution in [0.25, 0.3) is 0 Å². The molecule has 0 aliphatic carbocycles. The van der Waals surface area contributed by atoms with Crippen molar-refractivity contribution in [3.8, 4) is 0 Å². The van der Waals surface area contributed by atoms with Gasteiger partial charge < -0.3 is 10.4 Å². The van der Waals surface area contributed by atoms with Crippen LogP contribution in [-0.4, -0.2) is 31.7 Å². The molecular weight excluding hydrogens is 320 g/mol. The highest BCUT2D eigenvalue weighted by atomic mass is 16.4. The van der Waals surface area contributed by atoms with Gasteiger partial charge in [0.25, 0.3) is 0 Å². The van der Waals surface area contributed by atoms with Gasteiger partial charge in [0.15, 0.2) is 0 Å². The topological polar surface area (TPSA) is 97.1 Å². The molecule has 1 aromatic heterocycles. The lowest BCUT2D eigenvalue weighted by molar-refractivity contribution is -0.137. The second-order valence-corrected chi connectivity index (χ2v) is 7.00. The summed E-state index contributed by atoms with van der Waals surface area (Å²) in [5, 5.41) is 15.9. The lowest BCUT2D eigenvalue weighted by Crippen LogP contribution is -2.31. The number of aromatic nitrogens is 3. The normalized spacial score (nSPS) is 12.6. The molecular formula is C18H24N4O3. The molecule has 2 rings (SSSR count). The van der Waals surface area contributed by atoms with Gasteiger partial charge in [0, 0.05) is 6.42 Å². The van der Waals surface area contributed by atoms with Crippen LogP contribution in [0.3, 0.4) is 0 Å². The molecule has 1 aromatic carbocycles. The molecule has 0 fully saturated rings. The Balaban J connectivity index is 2.04. The molecule has 0 aliphatic heterocycles. The second kappa shape index (κ2) is 7.92. The van der Waals surface area contributed by atoms with E-state index in [0.29, 0.717) is 6.54 Å². The first-order chi connectivity index (χ1) is 11.8. The number of rotatable bonds is 7. The fourth-order valence-corrected chi connectivity index (χ4v) is 2.47. The van der Waals surface area contributed by atoms with E-state index in [1.807, 2.05) is 24.3 Å². The van der Waals surface area contributed by atoms with Crippen LogP contribution in [0.5, 0.6) is 0 Å². The molecule has 0 saturated carbocycles. The summed E-state index contributed by atoms with van der Waals surface area (Å²) in [5.41, 5.74) is 1.95. The molecule has 25 heavy (non-hydrogen) atoms. The highest BCUT2D eigenvalue weighted by molar-refractivity contribution is 5.77. The molecule has 7 heteroatoms. The summed E-state index contributed by atoms with van der Waals surface area (Å²) >= 11 is 0. The fourth-order valence-electron chi connectivity index (χ4n) is 2.47. The molecule has 0 saturated heterocycles. The van der Waals surface area contributed by atoms with Crippen molar-refractivity contribution < 1.29 is 14.7 Å². The molecule has 0 bridgehead atoms. The van der Waals surface area contributed by atoms with Crippen molar-refractivity contribution in [2.45, 2.75) is 51.6 Å².